The second kappa shape index (κ2) is 7.63. The van der Waals surface area contributed by atoms with Gasteiger partial charge in [0.25, 0.3) is 5.91 Å². The fourth-order valence-electron chi connectivity index (χ4n) is 1.89. The fourth-order valence-corrected chi connectivity index (χ4v) is 2.25. The van der Waals surface area contributed by atoms with Crippen LogP contribution in [-0.4, -0.2) is 11.9 Å². The zero-order chi connectivity index (χ0) is 14.4. The quantitative estimate of drug-likeness (QED) is 0.816. The predicted octanol–water partition coefficient (Wildman–Crippen LogP) is 4.53. The van der Waals surface area contributed by atoms with Gasteiger partial charge in [0.15, 0.2) is 0 Å². The average Bonchev–Trinajstić information content (AvgIpc) is 2.31. The molecule has 1 amide bonds. The number of halogens is 2. The van der Waals surface area contributed by atoms with E-state index >= 15 is 0 Å². The molecule has 1 N–H and O–H groups in total. The topological polar surface area (TPSA) is 29.1 Å². The maximum absolute atomic E-state index is 13.8. The Morgan fingerprint density at radius 1 is 1.32 bits per heavy atom. The number of nitrogens with one attached hydrogen (secondary N) is 1. The molecule has 2 nitrogen and oxygen atoms in total. The highest BCUT2D eigenvalue weighted by molar-refractivity contribution is 9.10. The molecule has 1 aromatic rings. The van der Waals surface area contributed by atoms with E-state index in [0.29, 0.717) is 10.4 Å². The van der Waals surface area contributed by atoms with E-state index in [1.807, 2.05) is 6.92 Å². The highest BCUT2D eigenvalue weighted by atomic mass is 79.9. The van der Waals surface area contributed by atoms with Gasteiger partial charge in [-0.2, -0.15) is 0 Å². The van der Waals surface area contributed by atoms with Crippen LogP contribution in [0.2, 0.25) is 0 Å². The largest absolute Gasteiger partial charge is 0.349 e. The summed E-state index contributed by atoms with van der Waals surface area (Å²) in [6.45, 7) is 6.31. The van der Waals surface area contributed by atoms with Crippen LogP contribution in [0.5, 0.6) is 0 Å². The average molecular weight is 330 g/mol. The van der Waals surface area contributed by atoms with Gasteiger partial charge in [-0.1, -0.05) is 32.8 Å². The van der Waals surface area contributed by atoms with Crippen LogP contribution in [0.4, 0.5) is 4.39 Å². The Morgan fingerprint density at radius 2 is 2.00 bits per heavy atom. The van der Waals surface area contributed by atoms with E-state index in [-0.39, 0.29) is 17.5 Å². The molecule has 106 valence electrons. The SMILES string of the molecule is CC(C)CCCC(C)NC(=O)c1cccc(Br)c1F. The van der Waals surface area contributed by atoms with E-state index in [1.165, 1.54) is 6.07 Å². The molecule has 1 rings (SSSR count). The van der Waals surface area contributed by atoms with Crippen molar-refractivity contribution in [3.63, 3.8) is 0 Å². The van der Waals surface area contributed by atoms with E-state index < -0.39 is 5.82 Å². The lowest BCUT2D eigenvalue weighted by Crippen LogP contribution is -2.33. The summed E-state index contributed by atoms with van der Waals surface area (Å²) in [7, 11) is 0. The number of hydrogen-bond donors (Lipinski definition) is 1. The van der Waals surface area contributed by atoms with Crippen LogP contribution in [0.1, 0.15) is 50.4 Å². The predicted molar refractivity (Wildman–Crippen MR) is 79.7 cm³/mol. The Hall–Kier alpha value is -0.900. The third-order valence-electron chi connectivity index (χ3n) is 2.99. The highest BCUT2D eigenvalue weighted by Gasteiger charge is 2.15. The second-order valence-corrected chi connectivity index (χ2v) is 6.15. The van der Waals surface area contributed by atoms with Crippen molar-refractivity contribution in [2.24, 2.45) is 5.92 Å². The maximum atomic E-state index is 13.8. The molecule has 1 aromatic carbocycles. The Bertz CT molecular complexity index is 434. The van der Waals surface area contributed by atoms with Crippen LogP contribution >= 0.6 is 15.9 Å². The summed E-state index contributed by atoms with van der Waals surface area (Å²) >= 11 is 3.08. The van der Waals surface area contributed by atoms with Crippen LogP contribution in [0.3, 0.4) is 0 Å². The minimum atomic E-state index is -0.505. The Morgan fingerprint density at radius 3 is 2.63 bits per heavy atom. The van der Waals surface area contributed by atoms with Gasteiger partial charge in [0.1, 0.15) is 5.82 Å². The monoisotopic (exact) mass is 329 g/mol. The number of benzene rings is 1. The first-order chi connectivity index (χ1) is 8.91. The van der Waals surface area contributed by atoms with Crippen molar-refractivity contribution in [2.45, 2.75) is 46.1 Å². The van der Waals surface area contributed by atoms with Gasteiger partial charge in [-0.15, -0.1) is 0 Å². The smallest absolute Gasteiger partial charge is 0.254 e. The molecular formula is C15H21BrFNO. The standard InChI is InChI=1S/C15H21BrFNO/c1-10(2)6-4-7-11(3)18-15(19)12-8-5-9-13(16)14(12)17/h5,8-11H,4,6-7H2,1-3H3,(H,18,19). The summed E-state index contributed by atoms with van der Waals surface area (Å²) in [5.41, 5.74) is 0.0880. The zero-order valence-electron chi connectivity index (χ0n) is 11.7. The summed E-state index contributed by atoms with van der Waals surface area (Å²) in [5.74, 6) is -0.185. The molecule has 0 aliphatic rings. The molecule has 0 saturated heterocycles. The Labute approximate surface area is 122 Å². The third-order valence-corrected chi connectivity index (χ3v) is 3.60. The zero-order valence-corrected chi connectivity index (χ0v) is 13.3. The van der Waals surface area contributed by atoms with Crippen molar-refractivity contribution < 1.29 is 9.18 Å². The van der Waals surface area contributed by atoms with E-state index in [0.717, 1.165) is 19.3 Å². The summed E-state index contributed by atoms with van der Waals surface area (Å²) in [6, 6.07) is 4.80. The minimum absolute atomic E-state index is 0.0598. The van der Waals surface area contributed by atoms with Crippen LogP contribution in [-0.2, 0) is 0 Å². The van der Waals surface area contributed by atoms with Crippen LogP contribution in [0.15, 0.2) is 22.7 Å². The Balaban J connectivity index is 2.52. The van der Waals surface area contributed by atoms with Crippen LogP contribution < -0.4 is 5.32 Å². The van der Waals surface area contributed by atoms with Crippen LogP contribution in [0, 0.1) is 11.7 Å². The molecule has 0 fully saturated rings. The molecule has 0 aliphatic carbocycles. The van der Waals surface area contributed by atoms with Crippen molar-refractivity contribution in [3.8, 4) is 0 Å². The maximum Gasteiger partial charge on any atom is 0.254 e. The molecule has 0 bridgehead atoms. The molecule has 1 atom stereocenters. The number of amides is 1. The van der Waals surface area contributed by atoms with Crippen molar-refractivity contribution in [3.05, 3.63) is 34.1 Å². The molecule has 0 radical (unpaired) electrons. The number of hydrogen-bond acceptors (Lipinski definition) is 1. The molecule has 0 saturated carbocycles. The molecule has 1 unspecified atom stereocenters. The van der Waals surface area contributed by atoms with E-state index in [9.17, 15) is 9.18 Å². The summed E-state index contributed by atoms with van der Waals surface area (Å²) in [6.07, 6.45) is 3.13. The fraction of sp³-hybridized carbons (Fsp3) is 0.533. The molecule has 0 heterocycles. The Kier molecular flexibility index (Phi) is 6.49. The lowest BCUT2D eigenvalue weighted by Gasteiger charge is -2.15. The molecule has 19 heavy (non-hydrogen) atoms. The molecule has 0 aromatic heterocycles. The number of carbonyl (C=O) groups is 1. The summed E-state index contributed by atoms with van der Waals surface area (Å²) in [5, 5.41) is 2.84. The van der Waals surface area contributed by atoms with Gasteiger partial charge in [-0.3, -0.25) is 4.79 Å². The van der Waals surface area contributed by atoms with Gasteiger partial charge < -0.3 is 5.32 Å². The van der Waals surface area contributed by atoms with Crippen molar-refractivity contribution >= 4 is 21.8 Å². The highest BCUT2D eigenvalue weighted by Crippen LogP contribution is 2.18. The van der Waals surface area contributed by atoms with Gasteiger partial charge in [0.2, 0.25) is 0 Å². The van der Waals surface area contributed by atoms with Gasteiger partial charge in [0, 0.05) is 6.04 Å². The van der Waals surface area contributed by atoms with Crippen molar-refractivity contribution in [1.29, 1.82) is 0 Å². The molecule has 0 spiro atoms. The first kappa shape index (κ1) is 16.2. The van der Waals surface area contributed by atoms with E-state index in [2.05, 4.69) is 35.1 Å². The lowest BCUT2D eigenvalue weighted by atomic mass is 10.0. The molecule has 4 heteroatoms. The van der Waals surface area contributed by atoms with Crippen molar-refractivity contribution in [2.75, 3.05) is 0 Å². The van der Waals surface area contributed by atoms with E-state index in [4.69, 9.17) is 0 Å². The van der Waals surface area contributed by atoms with Gasteiger partial charge in [-0.25, -0.2) is 4.39 Å². The first-order valence-electron chi connectivity index (χ1n) is 6.66. The summed E-state index contributed by atoms with van der Waals surface area (Å²) in [4.78, 5) is 12.0. The van der Waals surface area contributed by atoms with Crippen molar-refractivity contribution in [1.82, 2.24) is 5.32 Å². The third kappa shape index (κ3) is 5.31. The van der Waals surface area contributed by atoms with Gasteiger partial charge in [0.05, 0.1) is 10.0 Å². The summed E-state index contributed by atoms with van der Waals surface area (Å²) < 4.78 is 14.1. The van der Waals surface area contributed by atoms with Gasteiger partial charge in [-0.05, 0) is 47.3 Å². The lowest BCUT2D eigenvalue weighted by molar-refractivity contribution is 0.0933. The second-order valence-electron chi connectivity index (χ2n) is 5.30. The minimum Gasteiger partial charge on any atom is -0.349 e. The van der Waals surface area contributed by atoms with Gasteiger partial charge >= 0.3 is 0 Å². The number of carbonyl (C=O) groups excluding carboxylic acids is 1. The number of rotatable bonds is 6. The normalized spacial score (nSPS) is 12.5. The first-order valence-corrected chi connectivity index (χ1v) is 7.46. The molecule has 0 aliphatic heterocycles. The van der Waals surface area contributed by atoms with Crippen LogP contribution in [0.25, 0.3) is 0 Å². The van der Waals surface area contributed by atoms with E-state index in [1.54, 1.807) is 12.1 Å². The molecular weight excluding hydrogens is 309 g/mol.